The third kappa shape index (κ3) is 3.79. The van der Waals surface area contributed by atoms with Crippen molar-refractivity contribution in [2.24, 2.45) is 10.7 Å². The Morgan fingerprint density at radius 2 is 2.04 bits per heavy atom. The summed E-state index contributed by atoms with van der Waals surface area (Å²) in [6.45, 7) is 3.76. The summed E-state index contributed by atoms with van der Waals surface area (Å²) in [7, 11) is 0. The van der Waals surface area contributed by atoms with E-state index in [0.29, 0.717) is 25.7 Å². The molecular weight excluding hydrogens is 302 g/mol. The Kier molecular flexibility index (Phi) is 5.21. The molecule has 0 radical (unpaired) electrons. The summed E-state index contributed by atoms with van der Waals surface area (Å²) in [5, 5.41) is 3.30. The molecular formula is C19H23N3O2. The van der Waals surface area contributed by atoms with Crippen molar-refractivity contribution in [1.29, 1.82) is 0 Å². The number of rotatable bonds is 5. The van der Waals surface area contributed by atoms with Gasteiger partial charge in [0.1, 0.15) is 11.5 Å². The molecule has 0 spiro atoms. The third-order valence-corrected chi connectivity index (χ3v) is 3.97. The standard InChI is InChI=1S/C19H23N3O2/c1-2-23-17-9-5-3-7-14(17)13-21-19(20)22-16-11-12-24-18-10-6-4-8-15(16)18/h3-10,16H,2,11-13H2,1H3,(H3,20,21,22). The van der Waals surface area contributed by atoms with Gasteiger partial charge < -0.3 is 20.5 Å². The minimum atomic E-state index is 0.126. The summed E-state index contributed by atoms with van der Waals surface area (Å²) < 4.78 is 11.3. The van der Waals surface area contributed by atoms with Gasteiger partial charge in [-0.05, 0) is 19.1 Å². The number of nitrogens with two attached hydrogens (primary N) is 1. The van der Waals surface area contributed by atoms with E-state index in [1.807, 2.05) is 49.4 Å². The van der Waals surface area contributed by atoms with E-state index in [2.05, 4.69) is 16.4 Å². The number of hydrogen-bond donors (Lipinski definition) is 2. The number of benzene rings is 2. The minimum absolute atomic E-state index is 0.126. The molecule has 1 atom stereocenters. The van der Waals surface area contributed by atoms with Gasteiger partial charge in [0.25, 0.3) is 0 Å². The number of hydrogen-bond acceptors (Lipinski definition) is 3. The highest BCUT2D eigenvalue weighted by Crippen LogP contribution is 2.31. The average Bonchev–Trinajstić information content (AvgIpc) is 2.62. The lowest BCUT2D eigenvalue weighted by molar-refractivity contribution is 0.262. The third-order valence-electron chi connectivity index (χ3n) is 3.97. The molecule has 1 aliphatic heterocycles. The molecule has 3 N–H and O–H groups in total. The molecule has 0 aliphatic carbocycles. The second-order valence-electron chi connectivity index (χ2n) is 5.61. The van der Waals surface area contributed by atoms with Crippen LogP contribution in [0.5, 0.6) is 11.5 Å². The molecule has 1 heterocycles. The molecule has 0 fully saturated rings. The van der Waals surface area contributed by atoms with Gasteiger partial charge in [-0.1, -0.05) is 36.4 Å². The Morgan fingerprint density at radius 1 is 1.25 bits per heavy atom. The van der Waals surface area contributed by atoms with E-state index >= 15 is 0 Å². The second-order valence-corrected chi connectivity index (χ2v) is 5.61. The topological polar surface area (TPSA) is 68.9 Å². The first-order valence-corrected chi connectivity index (χ1v) is 8.27. The van der Waals surface area contributed by atoms with Crippen LogP contribution in [0, 0.1) is 0 Å². The van der Waals surface area contributed by atoms with Gasteiger partial charge in [0.05, 0.1) is 25.8 Å². The van der Waals surface area contributed by atoms with Crippen LogP contribution in [0.2, 0.25) is 0 Å². The minimum Gasteiger partial charge on any atom is -0.494 e. The fourth-order valence-electron chi connectivity index (χ4n) is 2.82. The van der Waals surface area contributed by atoms with E-state index < -0.39 is 0 Å². The fraction of sp³-hybridized carbons (Fsp3) is 0.316. The van der Waals surface area contributed by atoms with E-state index in [-0.39, 0.29) is 6.04 Å². The van der Waals surface area contributed by atoms with Crippen LogP contribution in [0.25, 0.3) is 0 Å². The number of fused-ring (bicyclic) bond motifs is 1. The lowest BCUT2D eigenvalue weighted by Crippen LogP contribution is -2.37. The van der Waals surface area contributed by atoms with Crippen LogP contribution >= 0.6 is 0 Å². The smallest absolute Gasteiger partial charge is 0.189 e. The number of aliphatic imine (C=N–C) groups is 1. The zero-order chi connectivity index (χ0) is 16.8. The monoisotopic (exact) mass is 325 g/mol. The van der Waals surface area contributed by atoms with E-state index in [0.717, 1.165) is 29.0 Å². The summed E-state index contributed by atoms with van der Waals surface area (Å²) in [5.74, 6) is 2.20. The SMILES string of the molecule is CCOc1ccccc1CN=C(N)NC1CCOc2ccccc21. The molecule has 5 nitrogen and oxygen atoms in total. The highest BCUT2D eigenvalue weighted by Gasteiger charge is 2.21. The molecule has 3 rings (SSSR count). The molecule has 5 heteroatoms. The normalized spacial score (nSPS) is 16.9. The van der Waals surface area contributed by atoms with E-state index in [1.165, 1.54) is 0 Å². The lowest BCUT2D eigenvalue weighted by atomic mass is 10.0. The number of nitrogens with one attached hydrogen (secondary N) is 1. The fourth-order valence-corrected chi connectivity index (χ4v) is 2.82. The van der Waals surface area contributed by atoms with Gasteiger partial charge in [0.15, 0.2) is 5.96 Å². The van der Waals surface area contributed by atoms with Crippen molar-refractivity contribution in [2.75, 3.05) is 13.2 Å². The zero-order valence-electron chi connectivity index (χ0n) is 13.9. The predicted octanol–water partition coefficient (Wildman–Crippen LogP) is 3.01. The van der Waals surface area contributed by atoms with Crippen LogP contribution in [-0.4, -0.2) is 19.2 Å². The summed E-state index contributed by atoms with van der Waals surface area (Å²) in [6, 6.07) is 16.0. The van der Waals surface area contributed by atoms with Gasteiger partial charge in [-0.25, -0.2) is 4.99 Å². The molecule has 0 bridgehead atoms. The Balaban J connectivity index is 1.68. The molecule has 0 saturated heterocycles. The maximum Gasteiger partial charge on any atom is 0.189 e. The van der Waals surface area contributed by atoms with Gasteiger partial charge in [0, 0.05) is 17.5 Å². The average molecular weight is 325 g/mol. The van der Waals surface area contributed by atoms with Gasteiger partial charge in [-0.15, -0.1) is 0 Å². The molecule has 0 aromatic heterocycles. The van der Waals surface area contributed by atoms with Crippen molar-refractivity contribution < 1.29 is 9.47 Å². The van der Waals surface area contributed by atoms with Crippen molar-refractivity contribution in [3.63, 3.8) is 0 Å². The quantitative estimate of drug-likeness (QED) is 0.655. The van der Waals surface area contributed by atoms with E-state index in [4.69, 9.17) is 15.2 Å². The largest absolute Gasteiger partial charge is 0.494 e. The maximum atomic E-state index is 6.09. The Labute approximate surface area is 142 Å². The van der Waals surface area contributed by atoms with Crippen LogP contribution in [0.4, 0.5) is 0 Å². The van der Waals surface area contributed by atoms with Crippen molar-refractivity contribution in [3.8, 4) is 11.5 Å². The van der Waals surface area contributed by atoms with Gasteiger partial charge >= 0.3 is 0 Å². The van der Waals surface area contributed by atoms with Crippen molar-refractivity contribution in [2.45, 2.75) is 25.9 Å². The molecule has 2 aromatic rings. The molecule has 2 aromatic carbocycles. The van der Waals surface area contributed by atoms with Crippen LogP contribution < -0.4 is 20.5 Å². The van der Waals surface area contributed by atoms with Gasteiger partial charge in [-0.3, -0.25) is 0 Å². The number of para-hydroxylation sites is 2. The van der Waals surface area contributed by atoms with Gasteiger partial charge in [-0.2, -0.15) is 0 Å². The number of guanidine groups is 1. The summed E-state index contributed by atoms with van der Waals surface area (Å²) in [4.78, 5) is 4.47. The molecule has 24 heavy (non-hydrogen) atoms. The summed E-state index contributed by atoms with van der Waals surface area (Å²) in [5.41, 5.74) is 8.24. The van der Waals surface area contributed by atoms with E-state index in [9.17, 15) is 0 Å². The first-order valence-electron chi connectivity index (χ1n) is 8.27. The van der Waals surface area contributed by atoms with Crippen molar-refractivity contribution in [1.82, 2.24) is 5.32 Å². The van der Waals surface area contributed by atoms with Gasteiger partial charge in [0.2, 0.25) is 0 Å². The highest BCUT2D eigenvalue weighted by molar-refractivity contribution is 5.78. The Morgan fingerprint density at radius 3 is 2.92 bits per heavy atom. The Hall–Kier alpha value is -2.69. The Bertz CT molecular complexity index is 715. The van der Waals surface area contributed by atoms with E-state index in [1.54, 1.807) is 0 Å². The number of ether oxygens (including phenoxy) is 2. The van der Waals surface area contributed by atoms with Crippen molar-refractivity contribution in [3.05, 3.63) is 59.7 Å². The maximum absolute atomic E-state index is 6.09. The first kappa shape index (κ1) is 16.2. The first-order chi connectivity index (χ1) is 11.8. The zero-order valence-corrected chi connectivity index (χ0v) is 13.9. The molecule has 1 unspecified atom stereocenters. The lowest BCUT2D eigenvalue weighted by Gasteiger charge is -2.26. The molecule has 0 saturated carbocycles. The predicted molar refractivity (Wildman–Crippen MR) is 95.4 cm³/mol. The summed E-state index contributed by atoms with van der Waals surface area (Å²) in [6.07, 6.45) is 0.864. The molecule has 0 amide bonds. The van der Waals surface area contributed by atoms with Crippen LogP contribution in [0.1, 0.15) is 30.5 Å². The van der Waals surface area contributed by atoms with Crippen LogP contribution in [-0.2, 0) is 6.54 Å². The second kappa shape index (κ2) is 7.73. The summed E-state index contributed by atoms with van der Waals surface area (Å²) >= 11 is 0. The highest BCUT2D eigenvalue weighted by atomic mass is 16.5. The molecule has 1 aliphatic rings. The van der Waals surface area contributed by atoms with Crippen LogP contribution in [0.15, 0.2) is 53.5 Å². The van der Waals surface area contributed by atoms with Crippen molar-refractivity contribution >= 4 is 5.96 Å². The number of nitrogens with zero attached hydrogens (tertiary/aromatic N) is 1. The van der Waals surface area contributed by atoms with Crippen LogP contribution in [0.3, 0.4) is 0 Å². The molecule has 126 valence electrons.